The summed E-state index contributed by atoms with van der Waals surface area (Å²) in [7, 11) is 0. The Labute approximate surface area is 141 Å². The molecule has 0 bridgehead atoms. The minimum atomic E-state index is -0.538. The first-order chi connectivity index (χ1) is 12.2. The number of anilines is 2. The molecule has 0 aliphatic rings. The molecule has 8 heteroatoms. The molecule has 0 amide bonds. The van der Waals surface area contributed by atoms with Gasteiger partial charge in [-0.2, -0.15) is 8.91 Å². The quantitative estimate of drug-likeness (QED) is 0.557. The Balaban J connectivity index is 1.62. The Morgan fingerprint density at radius 3 is 2.60 bits per heavy atom. The van der Waals surface area contributed by atoms with Gasteiger partial charge in [0.25, 0.3) is 0 Å². The van der Waals surface area contributed by atoms with Gasteiger partial charge < -0.3 is 10.4 Å². The fourth-order valence-corrected chi connectivity index (χ4v) is 2.40. The molecule has 4 rings (SSSR count). The van der Waals surface area contributed by atoms with Gasteiger partial charge >= 0.3 is 0 Å². The van der Waals surface area contributed by atoms with E-state index in [4.69, 9.17) is 0 Å². The second-order valence-corrected chi connectivity index (χ2v) is 5.44. The first kappa shape index (κ1) is 15.0. The lowest BCUT2D eigenvalue weighted by molar-refractivity contribution is 0.475. The third-order valence-electron chi connectivity index (χ3n) is 3.63. The number of phenolic OH excluding ortho intramolecular Hbond substituents is 1. The number of nitrogens with zero attached hydrogens (tertiary/aromatic N) is 5. The summed E-state index contributed by atoms with van der Waals surface area (Å²) in [5, 5.41) is 25.2. The van der Waals surface area contributed by atoms with Crippen LogP contribution in [0.1, 0.15) is 11.4 Å². The van der Waals surface area contributed by atoms with Crippen LogP contribution in [0.15, 0.2) is 54.7 Å². The second kappa shape index (κ2) is 6.16. The third-order valence-corrected chi connectivity index (χ3v) is 3.63. The highest BCUT2D eigenvalue weighted by Gasteiger charge is 2.09. The maximum absolute atomic E-state index is 12.9. The molecule has 2 N–H and O–H groups in total. The number of hydrogen-bond donors (Lipinski definition) is 2. The molecule has 25 heavy (non-hydrogen) atoms. The molecule has 0 atom stereocenters. The van der Waals surface area contributed by atoms with Crippen LogP contribution < -0.4 is 5.32 Å². The molecule has 0 radical (unpaired) electrons. The molecule has 0 aliphatic carbocycles. The van der Waals surface area contributed by atoms with Gasteiger partial charge in [-0.3, -0.25) is 0 Å². The van der Waals surface area contributed by atoms with E-state index >= 15 is 0 Å². The molecule has 0 unspecified atom stereocenters. The van der Waals surface area contributed by atoms with Crippen LogP contribution in [-0.4, -0.2) is 29.9 Å². The molecule has 0 saturated carbocycles. The summed E-state index contributed by atoms with van der Waals surface area (Å²) in [5.41, 5.74) is 2.23. The zero-order chi connectivity index (χ0) is 17.2. The highest BCUT2D eigenvalue weighted by Crippen LogP contribution is 2.16. The molecule has 124 valence electrons. The number of halogens is 1. The topological polar surface area (TPSA) is 88.2 Å². The Morgan fingerprint density at radius 2 is 1.84 bits per heavy atom. The van der Waals surface area contributed by atoms with E-state index in [0.717, 1.165) is 5.56 Å². The van der Waals surface area contributed by atoms with Crippen LogP contribution in [0.5, 0.6) is 5.75 Å². The molecular weight excluding hydrogens is 323 g/mol. The van der Waals surface area contributed by atoms with E-state index < -0.39 is 5.95 Å². The van der Waals surface area contributed by atoms with E-state index in [1.807, 2.05) is 12.1 Å². The molecule has 7 nitrogen and oxygen atoms in total. The summed E-state index contributed by atoms with van der Waals surface area (Å²) >= 11 is 0. The predicted octanol–water partition coefficient (Wildman–Crippen LogP) is 2.70. The first-order valence-electron chi connectivity index (χ1n) is 7.55. The van der Waals surface area contributed by atoms with Gasteiger partial charge in [0.05, 0.1) is 11.9 Å². The zero-order valence-corrected chi connectivity index (χ0v) is 13.0. The van der Waals surface area contributed by atoms with Gasteiger partial charge in [0, 0.05) is 6.42 Å². The highest BCUT2D eigenvalue weighted by molar-refractivity contribution is 5.56. The number of hydrogen-bond acceptors (Lipinski definition) is 6. The van der Waals surface area contributed by atoms with Gasteiger partial charge in [-0.25, -0.2) is 4.98 Å². The van der Waals surface area contributed by atoms with Crippen molar-refractivity contribution in [2.45, 2.75) is 6.42 Å². The number of aromatic hydroxyl groups is 1. The molecule has 0 fully saturated rings. The Bertz CT molecular complexity index is 1010. The molecule has 4 aromatic rings. The fraction of sp³-hybridized carbons (Fsp3) is 0.0588. The normalized spacial score (nSPS) is 10.9. The van der Waals surface area contributed by atoms with Crippen molar-refractivity contribution < 1.29 is 9.50 Å². The average Bonchev–Trinajstić information content (AvgIpc) is 3.01. The zero-order valence-electron chi connectivity index (χ0n) is 13.0. The minimum absolute atomic E-state index is 0.215. The summed E-state index contributed by atoms with van der Waals surface area (Å²) in [4.78, 5) is 3.60. The van der Waals surface area contributed by atoms with E-state index in [2.05, 4.69) is 25.6 Å². The van der Waals surface area contributed by atoms with Crippen molar-refractivity contribution in [3.8, 4) is 5.75 Å². The molecule has 1 aromatic carbocycles. The Hall–Kier alpha value is -3.55. The van der Waals surface area contributed by atoms with Crippen LogP contribution in [0.4, 0.5) is 15.9 Å². The van der Waals surface area contributed by atoms with Crippen molar-refractivity contribution in [1.29, 1.82) is 0 Å². The monoisotopic (exact) mass is 336 g/mol. The standard InChI is InChI=1S/C17H13FN6O/c18-14-6-3-12(10-19-14)20-15-7-8-16-21-22-17(24(16)23-15)9-11-1-4-13(25)5-2-11/h1-8,10,25H,9H2,(H,20,23). The molecule has 0 saturated heterocycles. The Kier molecular flexibility index (Phi) is 3.70. The van der Waals surface area contributed by atoms with E-state index in [1.54, 1.807) is 34.8 Å². The van der Waals surface area contributed by atoms with Crippen molar-refractivity contribution >= 4 is 17.2 Å². The van der Waals surface area contributed by atoms with E-state index in [1.165, 1.54) is 12.3 Å². The summed E-state index contributed by atoms with van der Waals surface area (Å²) in [6, 6.07) is 13.3. The summed E-state index contributed by atoms with van der Waals surface area (Å²) < 4.78 is 14.5. The van der Waals surface area contributed by atoms with Crippen LogP contribution in [0, 0.1) is 5.95 Å². The van der Waals surface area contributed by atoms with E-state index in [9.17, 15) is 9.50 Å². The lowest BCUT2D eigenvalue weighted by Crippen LogP contribution is -2.03. The number of benzene rings is 1. The van der Waals surface area contributed by atoms with E-state index in [-0.39, 0.29) is 5.75 Å². The van der Waals surface area contributed by atoms with Crippen molar-refractivity contribution in [3.63, 3.8) is 0 Å². The smallest absolute Gasteiger partial charge is 0.212 e. The van der Waals surface area contributed by atoms with Gasteiger partial charge in [0.2, 0.25) is 5.95 Å². The van der Waals surface area contributed by atoms with Crippen molar-refractivity contribution in [3.05, 3.63) is 72.1 Å². The predicted molar refractivity (Wildman–Crippen MR) is 89.2 cm³/mol. The van der Waals surface area contributed by atoms with Gasteiger partial charge in [-0.05, 0) is 42.0 Å². The lowest BCUT2D eigenvalue weighted by atomic mass is 10.1. The number of pyridine rings is 1. The van der Waals surface area contributed by atoms with Crippen LogP contribution in [0.2, 0.25) is 0 Å². The number of rotatable bonds is 4. The summed E-state index contributed by atoms with van der Waals surface area (Å²) in [5.74, 6) is 0.908. The fourth-order valence-electron chi connectivity index (χ4n) is 2.40. The van der Waals surface area contributed by atoms with Crippen molar-refractivity contribution in [1.82, 2.24) is 24.8 Å². The summed E-state index contributed by atoms with van der Waals surface area (Å²) in [6.07, 6.45) is 1.92. The molecule has 3 heterocycles. The van der Waals surface area contributed by atoms with Crippen LogP contribution in [-0.2, 0) is 6.42 Å². The van der Waals surface area contributed by atoms with Gasteiger partial charge in [-0.15, -0.1) is 15.3 Å². The largest absolute Gasteiger partial charge is 0.508 e. The highest BCUT2D eigenvalue weighted by atomic mass is 19.1. The third kappa shape index (κ3) is 3.23. The van der Waals surface area contributed by atoms with Crippen LogP contribution in [0.3, 0.4) is 0 Å². The maximum Gasteiger partial charge on any atom is 0.212 e. The molecule has 3 aromatic heterocycles. The number of phenols is 1. The summed E-state index contributed by atoms with van der Waals surface area (Å²) in [6.45, 7) is 0. The van der Waals surface area contributed by atoms with E-state index in [0.29, 0.717) is 29.4 Å². The number of nitrogens with one attached hydrogen (secondary N) is 1. The SMILES string of the molecule is Oc1ccc(Cc2nnc3ccc(Nc4ccc(F)nc4)nn23)cc1. The number of fused-ring (bicyclic) bond motifs is 1. The molecule has 0 aliphatic heterocycles. The molecule has 0 spiro atoms. The first-order valence-corrected chi connectivity index (χ1v) is 7.55. The van der Waals surface area contributed by atoms with Gasteiger partial charge in [0.15, 0.2) is 17.3 Å². The number of aromatic nitrogens is 5. The van der Waals surface area contributed by atoms with Crippen molar-refractivity contribution in [2.75, 3.05) is 5.32 Å². The van der Waals surface area contributed by atoms with Crippen LogP contribution >= 0.6 is 0 Å². The lowest BCUT2D eigenvalue weighted by Gasteiger charge is -2.06. The second-order valence-electron chi connectivity index (χ2n) is 5.44. The molecular formula is C17H13FN6O. The van der Waals surface area contributed by atoms with Gasteiger partial charge in [-0.1, -0.05) is 12.1 Å². The minimum Gasteiger partial charge on any atom is -0.508 e. The average molecular weight is 336 g/mol. The maximum atomic E-state index is 12.9. The van der Waals surface area contributed by atoms with Gasteiger partial charge in [0.1, 0.15) is 5.75 Å². The van der Waals surface area contributed by atoms with Crippen LogP contribution in [0.25, 0.3) is 5.65 Å². The van der Waals surface area contributed by atoms with Crippen molar-refractivity contribution in [2.24, 2.45) is 0 Å². The Morgan fingerprint density at radius 1 is 1.00 bits per heavy atom.